The molecule has 2 aromatic heterocycles. The minimum atomic E-state index is -0.227. The first kappa shape index (κ1) is 15.6. The number of rotatable bonds is 4. The first-order valence-electron chi connectivity index (χ1n) is 7.24. The number of carbonyl (C=O) groups is 2. The molecule has 0 unspecified atom stereocenters. The lowest BCUT2D eigenvalue weighted by Crippen LogP contribution is -2.42. The van der Waals surface area contributed by atoms with Crippen molar-refractivity contribution in [2.45, 2.75) is 13.5 Å². The van der Waals surface area contributed by atoms with Crippen LogP contribution in [0.4, 0.5) is 5.69 Å². The van der Waals surface area contributed by atoms with Crippen LogP contribution >= 0.6 is 11.5 Å². The number of aryl methyl sites for hydroxylation is 1. The van der Waals surface area contributed by atoms with Crippen molar-refractivity contribution < 1.29 is 14.3 Å². The highest BCUT2D eigenvalue weighted by Crippen LogP contribution is 2.13. The average Bonchev–Trinajstić information content (AvgIpc) is 3.17. The Hall–Kier alpha value is -2.26. The Bertz CT molecular complexity index is 705. The zero-order valence-electron chi connectivity index (χ0n) is 12.7. The molecule has 9 heteroatoms. The van der Waals surface area contributed by atoms with Gasteiger partial charge in [-0.25, -0.2) is 0 Å². The van der Waals surface area contributed by atoms with Crippen molar-refractivity contribution >= 4 is 29.0 Å². The Kier molecular flexibility index (Phi) is 4.68. The lowest BCUT2D eigenvalue weighted by molar-refractivity contribution is -0.136. The zero-order chi connectivity index (χ0) is 16.2. The van der Waals surface area contributed by atoms with E-state index in [0.717, 1.165) is 0 Å². The van der Waals surface area contributed by atoms with E-state index in [4.69, 9.17) is 4.74 Å². The number of nitrogens with one attached hydrogen (secondary N) is 1. The van der Waals surface area contributed by atoms with Crippen molar-refractivity contribution in [2.24, 2.45) is 0 Å². The van der Waals surface area contributed by atoms with Crippen LogP contribution < -0.4 is 5.32 Å². The summed E-state index contributed by atoms with van der Waals surface area (Å²) in [7, 11) is 0. The Morgan fingerprint density at radius 1 is 1.39 bits per heavy atom. The molecule has 8 nitrogen and oxygen atoms in total. The number of hydrogen-bond acceptors (Lipinski definition) is 6. The van der Waals surface area contributed by atoms with Crippen molar-refractivity contribution in [3.63, 3.8) is 0 Å². The van der Waals surface area contributed by atoms with Gasteiger partial charge in [0.2, 0.25) is 5.91 Å². The standard InChI is InChI=1S/C14H17N5O3S/c1-10-12(9-23-17-10)14(21)16-11-6-15-19(7-11)8-13(20)18-2-4-22-5-3-18/h6-7,9H,2-5,8H2,1H3,(H,16,21). The first-order chi connectivity index (χ1) is 11.1. The van der Waals surface area contributed by atoms with Crippen LogP contribution in [-0.2, 0) is 16.1 Å². The number of amides is 2. The molecule has 0 saturated carbocycles. The van der Waals surface area contributed by atoms with Crippen molar-refractivity contribution in [1.29, 1.82) is 0 Å². The van der Waals surface area contributed by atoms with E-state index in [2.05, 4.69) is 14.8 Å². The Morgan fingerprint density at radius 3 is 2.87 bits per heavy atom. The summed E-state index contributed by atoms with van der Waals surface area (Å²) >= 11 is 1.24. The van der Waals surface area contributed by atoms with Gasteiger partial charge in [-0.3, -0.25) is 14.3 Å². The van der Waals surface area contributed by atoms with E-state index in [1.165, 1.54) is 22.4 Å². The van der Waals surface area contributed by atoms with Crippen LogP contribution in [0.25, 0.3) is 0 Å². The number of carbonyl (C=O) groups excluding carboxylic acids is 2. The molecule has 0 radical (unpaired) electrons. The molecule has 0 atom stereocenters. The summed E-state index contributed by atoms with van der Waals surface area (Å²) in [5, 5.41) is 8.58. The smallest absolute Gasteiger partial charge is 0.258 e. The number of nitrogens with zero attached hydrogens (tertiary/aromatic N) is 4. The maximum absolute atomic E-state index is 12.1. The Morgan fingerprint density at radius 2 is 2.17 bits per heavy atom. The van der Waals surface area contributed by atoms with E-state index >= 15 is 0 Å². The molecule has 0 aromatic carbocycles. The summed E-state index contributed by atoms with van der Waals surface area (Å²) in [5.74, 6) is -0.234. The maximum Gasteiger partial charge on any atom is 0.258 e. The van der Waals surface area contributed by atoms with Crippen molar-refractivity contribution in [3.05, 3.63) is 29.0 Å². The van der Waals surface area contributed by atoms with Crippen LogP contribution in [-0.4, -0.2) is 57.2 Å². The summed E-state index contributed by atoms with van der Waals surface area (Å²) in [6.07, 6.45) is 3.17. The van der Waals surface area contributed by atoms with Gasteiger partial charge in [0, 0.05) is 24.7 Å². The average molecular weight is 335 g/mol. The second kappa shape index (κ2) is 6.88. The van der Waals surface area contributed by atoms with Gasteiger partial charge in [0.25, 0.3) is 5.91 Å². The van der Waals surface area contributed by atoms with Crippen LogP contribution in [0.15, 0.2) is 17.8 Å². The SMILES string of the molecule is Cc1nscc1C(=O)Nc1cnn(CC(=O)N2CCOCC2)c1. The van der Waals surface area contributed by atoms with Crippen molar-refractivity contribution in [3.8, 4) is 0 Å². The zero-order valence-corrected chi connectivity index (χ0v) is 13.5. The number of anilines is 1. The lowest BCUT2D eigenvalue weighted by atomic mass is 10.2. The molecule has 3 rings (SSSR count). The van der Waals surface area contributed by atoms with E-state index in [1.807, 2.05) is 0 Å². The highest BCUT2D eigenvalue weighted by Gasteiger charge is 2.18. The summed E-state index contributed by atoms with van der Waals surface area (Å²) < 4.78 is 10.8. The van der Waals surface area contributed by atoms with Gasteiger partial charge in [0.15, 0.2) is 0 Å². The molecule has 1 fully saturated rings. The molecular formula is C14H17N5O3S. The van der Waals surface area contributed by atoms with Gasteiger partial charge in [0.1, 0.15) is 6.54 Å². The third-order valence-corrected chi connectivity index (χ3v) is 4.27. The molecule has 23 heavy (non-hydrogen) atoms. The van der Waals surface area contributed by atoms with Crippen molar-refractivity contribution in [2.75, 3.05) is 31.6 Å². The fourth-order valence-corrected chi connectivity index (χ4v) is 2.97. The van der Waals surface area contributed by atoms with Gasteiger partial charge in [-0.05, 0) is 18.5 Å². The largest absolute Gasteiger partial charge is 0.378 e. The molecule has 2 amide bonds. The van der Waals surface area contributed by atoms with Gasteiger partial charge in [-0.15, -0.1) is 0 Å². The third kappa shape index (κ3) is 3.74. The summed E-state index contributed by atoms with van der Waals surface area (Å²) in [5.41, 5.74) is 1.80. The van der Waals surface area contributed by atoms with E-state index in [0.29, 0.717) is 43.2 Å². The molecule has 3 heterocycles. The summed E-state index contributed by atoms with van der Waals surface area (Å²) in [6.45, 7) is 4.29. The fourth-order valence-electron chi connectivity index (χ4n) is 2.27. The molecule has 1 aliphatic heterocycles. The minimum Gasteiger partial charge on any atom is -0.378 e. The summed E-state index contributed by atoms with van der Waals surface area (Å²) in [6, 6.07) is 0. The second-order valence-electron chi connectivity index (χ2n) is 5.19. The second-order valence-corrected chi connectivity index (χ2v) is 5.82. The van der Waals surface area contributed by atoms with E-state index in [1.54, 1.807) is 23.4 Å². The predicted octanol–water partition coefficient (Wildman–Crippen LogP) is 0.759. The highest BCUT2D eigenvalue weighted by molar-refractivity contribution is 7.04. The molecule has 1 aliphatic rings. The minimum absolute atomic E-state index is 0.00726. The van der Waals surface area contributed by atoms with Crippen LogP contribution in [0, 0.1) is 6.92 Å². The van der Waals surface area contributed by atoms with Crippen LogP contribution in [0.3, 0.4) is 0 Å². The molecule has 1 saturated heterocycles. The quantitative estimate of drug-likeness (QED) is 0.891. The Labute approximate surface area is 137 Å². The maximum atomic E-state index is 12.1. The van der Waals surface area contributed by atoms with E-state index < -0.39 is 0 Å². The third-order valence-electron chi connectivity index (χ3n) is 3.55. The van der Waals surface area contributed by atoms with Gasteiger partial charge in [-0.1, -0.05) is 0 Å². The molecule has 122 valence electrons. The topological polar surface area (TPSA) is 89.3 Å². The number of ether oxygens (including phenoxy) is 1. The molecule has 1 N–H and O–H groups in total. The monoisotopic (exact) mass is 335 g/mol. The van der Waals surface area contributed by atoms with E-state index in [-0.39, 0.29) is 18.4 Å². The van der Waals surface area contributed by atoms with E-state index in [9.17, 15) is 9.59 Å². The molecule has 0 bridgehead atoms. The van der Waals surface area contributed by atoms with Crippen LogP contribution in [0.2, 0.25) is 0 Å². The fraction of sp³-hybridized carbons (Fsp3) is 0.429. The molecular weight excluding hydrogens is 318 g/mol. The Balaban J connectivity index is 1.58. The first-order valence-corrected chi connectivity index (χ1v) is 8.07. The number of hydrogen-bond donors (Lipinski definition) is 1. The van der Waals surface area contributed by atoms with Crippen LogP contribution in [0.5, 0.6) is 0 Å². The van der Waals surface area contributed by atoms with Gasteiger partial charge >= 0.3 is 0 Å². The van der Waals surface area contributed by atoms with Crippen molar-refractivity contribution in [1.82, 2.24) is 19.1 Å². The highest BCUT2D eigenvalue weighted by atomic mass is 32.1. The van der Waals surface area contributed by atoms with Gasteiger partial charge < -0.3 is 15.0 Å². The normalized spacial score (nSPS) is 14.7. The summed E-state index contributed by atoms with van der Waals surface area (Å²) in [4.78, 5) is 26.0. The molecule has 0 spiro atoms. The lowest BCUT2D eigenvalue weighted by Gasteiger charge is -2.26. The van der Waals surface area contributed by atoms with Crippen LogP contribution in [0.1, 0.15) is 16.1 Å². The number of aromatic nitrogens is 3. The predicted molar refractivity (Wildman–Crippen MR) is 84.4 cm³/mol. The van der Waals surface area contributed by atoms with Gasteiger partial charge in [-0.2, -0.15) is 9.47 Å². The van der Waals surface area contributed by atoms with Gasteiger partial charge in [0.05, 0.1) is 36.4 Å². The molecule has 2 aromatic rings. The molecule has 0 aliphatic carbocycles. The number of morpholine rings is 1.